The first-order valence-electron chi connectivity index (χ1n) is 17.6. The van der Waals surface area contributed by atoms with E-state index in [1.807, 2.05) is 24.3 Å². The van der Waals surface area contributed by atoms with E-state index in [1.54, 1.807) is 0 Å². The third kappa shape index (κ3) is 5.28. The summed E-state index contributed by atoms with van der Waals surface area (Å²) in [5, 5.41) is 2.52. The van der Waals surface area contributed by atoms with E-state index in [0.29, 0.717) is 5.89 Å². The van der Waals surface area contributed by atoms with Gasteiger partial charge in [-0.2, -0.15) is 0 Å². The van der Waals surface area contributed by atoms with Gasteiger partial charge in [0.2, 0.25) is 5.89 Å². The lowest BCUT2D eigenvalue weighted by Crippen LogP contribution is -1.93. The Bertz CT molecular complexity index is 2810. The normalized spacial score (nSPS) is 11.5. The summed E-state index contributed by atoms with van der Waals surface area (Å²) < 4.78 is 8.33. The van der Waals surface area contributed by atoms with E-state index in [1.165, 1.54) is 60.8 Å². The number of hydrogen-bond donors (Lipinski definition) is 0. The number of aromatic nitrogens is 2. The average Bonchev–Trinajstić information content (AvgIpc) is 3.81. The minimum atomic E-state index is 0.642. The van der Waals surface area contributed by atoms with Crippen LogP contribution < -0.4 is 0 Å². The Labute approximate surface area is 301 Å². The molecule has 0 aliphatic carbocycles. The molecule has 0 atom stereocenters. The topological polar surface area (TPSA) is 31.0 Å². The van der Waals surface area contributed by atoms with Gasteiger partial charge >= 0.3 is 0 Å². The second-order valence-corrected chi connectivity index (χ2v) is 13.2. The molecule has 2 heterocycles. The zero-order chi connectivity index (χ0) is 34.4. The van der Waals surface area contributed by atoms with Crippen molar-refractivity contribution in [3.63, 3.8) is 0 Å². The standard InChI is InChI=1S/C49H32N2O/c1-2-8-33(9-3-1)41-28-31-47-44(32-41)43-10-4-6-12-46(43)51(47)42-29-26-39(27-30-42)37-20-18-35(19-21-37)34-14-16-36(17-15-34)38-22-24-40(25-23-38)49-50-45-11-5-7-13-48(45)52-49/h1-32H. The molecule has 3 heteroatoms. The highest BCUT2D eigenvalue weighted by Crippen LogP contribution is 2.36. The van der Waals surface area contributed by atoms with Crippen molar-refractivity contribution in [1.82, 2.24) is 9.55 Å². The van der Waals surface area contributed by atoms with Crippen LogP contribution in [0.25, 0.3) is 94.6 Å². The Morgan fingerprint density at radius 1 is 0.346 bits per heavy atom. The van der Waals surface area contributed by atoms with Crippen molar-refractivity contribution >= 4 is 32.9 Å². The van der Waals surface area contributed by atoms with Crippen LogP contribution in [0.15, 0.2) is 199 Å². The van der Waals surface area contributed by atoms with Gasteiger partial charge in [-0.25, -0.2) is 4.98 Å². The van der Waals surface area contributed by atoms with Crippen molar-refractivity contribution in [2.24, 2.45) is 0 Å². The molecule has 0 saturated carbocycles. The van der Waals surface area contributed by atoms with Gasteiger partial charge in [0.1, 0.15) is 5.52 Å². The zero-order valence-electron chi connectivity index (χ0n) is 28.3. The molecule has 0 saturated heterocycles. The molecule has 0 aliphatic heterocycles. The van der Waals surface area contributed by atoms with Crippen LogP contribution in [0.1, 0.15) is 0 Å². The Morgan fingerprint density at radius 3 is 1.42 bits per heavy atom. The quantitative estimate of drug-likeness (QED) is 0.177. The van der Waals surface area contributed by atoms with Crippen LogP contribution >= 0.6 is 0 Å². The molecule has 0 amide bonds. The number of fused-ring (bicyclic) bond motifs is 4. The molecule has 0 unspecified atom stereocenters. The molecular weight excluding hydrogens is 633 g/mol. The molecule has 0 fully saturated rings. The highest BCUT2D eigenvalue weighted by Gasteiger charge is 2.14. The summed E-state index contributed by atoms with van der Waals surface area (Å²) in [4.78, 5) is 4.63. The van der Waals surface area contributed by atoms with Crippen molar-refractivity contribution in [3.8, 4) is 61.6 Å². The van der Waals surface area contributed by atoms with Crippen molar-refractivity contribution in [2.75, 3.05) is 0 Å². The summed E-state index contributed by atoms with van der Waals surface area (Å²) in [5.41, 5.74) is 15.8. The first-order valence-corrected chi connectivity index (χ1v) is 17.6. The largest absolute Gasteiger partial charge is 0.436 e. The van der Waals surface area contributed by atoms with Gasteiger partial charge in [0.15, 0.2) is 5.58 Å². The van der Waals surface area contributed by atoms with Gasteiger partial charge in [-0.15, -0.1) is 0 Å². The SMILES string of the molecule is c1ccc(-c2ccc3c(c2)c2ccccc2n3-c2ccc(-c3ccc(-c4ccc(-c5ccc(-c6nc7ccccc7o6)cc5)cc4)cc3)cc2)cc1. The second-order valence-electron chi connectivity index (χ2n) is 13.2. The second kappa shape index (κ2) is 12.4. The smallest absolute Gasteiger partial charge is 0.227 e. The van der Waals surface area contributed by atoms with Gasteiger partial charge in [-0.1, -0.05) is 140 Å². The monoisotopic (exact) mass is 664 g/mol. The van der Waals surface area contributed by atoms with Gasteiger partial charge in [-0.05, 0) is 99.1 Å². The Morgan fingerprint density at radius 2 is 0.808 bits per heavy atom. The first-order chi connectivity index (χ1) is 25.7. The molecule has 0 N–H and O–H groups in total. The fraction of sp³-hybridized carbons (Fsp3) is 0. The van der Waals surface area contributed by atoms with E-state index < -0.39 is 0 Å². The number of nitrogens with zero attached hydrogens (tertiary/aromatic N) is 2. The predicted octanol–water partition coefficient (Wildman–Crippen LogP) is 13.3. The summed E-state index contributed by atoms with van der Waals surface area (Å²) in [6.07, 6.45) is 0. The van der Waals surface area contributed by atoms with Crippen LogP contribution in [-0.4, -0.2) is 9.55 Å². The van der Waals surface area contributed by atoms with E-state index in [9.17, 15) is 0 Å². The fourth-order valence-corrected chi connectivity index (χ4v) is 7.38. The molecule has 10 rings (SSSR count). The number of benzene rings is 8. The lowest BCUT2D eigenvalue weighted by molar-refractivity contribution is 0.620. The van der Waals surface area contributed by atoms with Gasteiger partial charge in [0.25, 0.3) is 0 Å². The maximum absolute atomic E-state index is 5.95. The summed E-state index contributed by atoms with van der Waals surface area (Å²) in [7, 11) is 0. The third-order valence-corrected chi connectivity index (χ3v) is 10.1. The van der Waals surface area contributed by atoms with E-state index in [-0.39, 0.29) is 0 Å². The molecule has 3 nitrogen and oxygen atoms in total. The number of hydrogen-bond acceptors (Lipinski definition) is 2. The first kappa shape index (κ1) is 29.9. The molecule has 0 bridgehead atoms. The number of rotatable bonds is 6. The van der Waals surface area contributed by atoms with Crippen LogP contribution in [0.5, 0.6) is 0 Å². The van der Waals surface area contributed by atoms with Crippen LogP contribution in [0, 0.1) is 0 Å². The van der Waals surface area contributed by atoms with Crippen molar-refractivity contribution in [3.05, 3.63) is 194 Å². The molecule has 2 aromatic heterocycles. The maximum Gasteiger partial charge on any atom is 0.227 e. The van der Waals surface area contributed by atoms with Crippen LogP contribution in [-0.2, 0) is 0 Å². The van der Waals surface area contributed by atoms with E-state index in [4.69, 9.17) is 4.42 Å². The summed E-state index contributed by atoms with van der Waals surface area (Å²) in [6, 6.07) is 68.9. The number of para-hydroxylation sites is 3. The van der Waals surface area contributed by atoms with Crippen molar-refractivity contribution in [1.29, 1.82) is 0 Å². The lowest BCUT2D eigenvalue weighted by Gasteiger charge is -2.10. The van der Waals surface area contributed by atoms with Gasteiger partial charge in [-0.3, -0.25) is 0 Å². The molecule has 52 heavy (non-hydrogen) atoms. The van der Waals surface area contributed by atoms with Crippen LogP contribution in [0.3, 0.4) is 0 Å². The van der Waals surface area contributed by atoms with Crippen molar-refractivity contribution in [2.45, 2.75) is 0 Å². The Hall–Kier alpha value is -6.97. The Balaban J connectivity index is 0.883. The molecule has 0 spiro atoms. The lowest BCUT2D eigenvalue weighted by atomic mass is 9.97. The van der Waals surface area contributed by atoms with Gasteiger partial charge < -0.3 is 8.98 Å². The molecule has 0 radical (unpaired) electrons. The summed E-state index contributed by atoms with van der Waals surface area (Å²) in [5.74, 6) is 0.642. The molecular formula is C49H32N2O. The minimum absolute atomic E-state index is 0.642. The molecule has 10 aromatic rings. The van der Waals surface area contributed by atoms with E-state index in [0.717, 1.165) is 27.9 Å². The van der Waals surface area contributed by atoms with Crippen LogP contribution in [0.4, 0.5) is 0 Å². The Kier molecular flexibility index (Phi) is 7.14. The van der Waals surface area contributed by atoms with E-state index in [2.05, 4.69) is 179 Å². The third-order valence-electron chi connectivity index (χ3n) is 10.1. The highest BCUT2D eigenvalue weighted by molar-refractivity contribution is 6.10. The van der Waals surface area contributed by atoms with Crippen LogP contribution in [0.2, 0.25) is 0 Å². The fourth-order valence-electron chi connectivity index (χ4n) is 7.38. The van der Waals surface area contributed by atoms with Crippen molar-refractivity contribution < 1.29 is 4.42 Å². The highest BCUT2D eigenvalue weighted by atomic mass is 16.3. The molecule has 244 valence electrons. The molecule has 8 aromatic carbocycles. The summed E-state index contributed by atoms with van der Waals surface area (Å²) >= 11 is 0. The maximum atomic E-state index is 5.95. The average molecular weight is 665 g/mol. The summed E-state index contributed by atoms with van der Waals surface area (Å²) in [6.45, 7) is 0. The minimum Gasteiger partial charge on any atom is -0.436 e. The zero-order valence-corrected chi connectivity index (χ0v) is 28.3. The van der Waals surface area contributed by atoms with Gasteiger partial charge in [0, 0.05) is 22.0 Å². The van der Waals surface area contributed by atoms with E-state index >= 15 is 0 Å². The predicted molar refractivity (Wildman–Crippen MR) is 216 cm³/mol. The number of oxazole rings is 1. The van der Waals surface area contributed by atoms with Gasteiger partial charge in [0.05, 0.1) is 11.0 Å². The molecule has 0 aliphatic rings.